The molecule has 0 aliphatic carbocycles. The first kappa shape index (κ1) is 17.8. The van der Waals surface area contributed by atoms with Crippen LogP contribution in [0.5, 0.6) is 0 Å². The van der Waals surface area contributed by atoms with Crippen LogP contribution in [0.4, 0.5) is 0 Å². The average molecular weight is 362 g/mol. The summed E-state index contributed by atoms with van der Waals surface area (Å²) in [6.45, 7) is 7.88. The summed E-state index contributed by atoms with van der Waals surface area (Å²) < 4.78 is 0. The molecule has 2 fully saturated rings. The van der Waals surface area contributed by atoms with Crippen molar-refractivity contribution in [3.05, 3.63) is 70.8 Å². The van der Waals surface area contributed by atoms with E-state index in [9.17, 15) is 9.59 Å². The SMILES string of the molecule is CC(=O)N1C[C@H]2CN(C(=O)c3cccc(C)c3C)C[C@H]2[C@@H]1c1ccccc1. The van der Waals surface area contributed by atoms with Gasteiger partial charge in [0.2, 0.25) is 5.91 Å². The second-order valence-corrected chi connectivity index (χ2v) is 7.91. The molecule has 2 aromatic carbocycles. The van der Waals surface area contributed by atoms with E-state index in [0.717, 1.165) is 29.8 Å². The summed E-state index contributed by atoms with van der Waals surface area (Å²) in [6.07, 6.45) is 0. The molecule has 0 saturated carbocycles. The summed E-state index contributed by atoms with van der Waals surface area (Å²) in [5.74, 6) is 0.871. The summed E-state index contributed by atoms with van der Waals surface area (Å²) in [7, 11) is 0. The first-order valence-corrected chi connectivity index (χ1v) is 9.65. The summed E-state index contributed by atoms with van der Waals surface area (Å²) in [5, 5.41) is 0. The number of carbonyl (C=O) groups is 2. The number of benzene rings is 2. The minimum atomic E-state index is 0.0603. The molecular formula is C23H26N2O2. The van der Waals surface area contributed by atoms with Gasteiger partial charge in [0.25, 0.3) is 5.91 Å². The molecule has 0 radical (unpaired) electrons. The second-order valence-electron chi connectivity index (χ2n) is 7.91. The Balaban J connectivity index is 1.60. The van der Waals surface area contributed by atoms with Crippen molar-refractivity contribution in [3.8, 4) is 0 Å². The lowest BCUT2D eigenvalue weighted by molar-refractivity contribution is -0.130. The van der Waals surface area contributed by atoms with Gasteiger partial charge in [-0.1, -0.05) is 42.5 Å². The predicted molar refractivity (Wildman–Crippen MR) is 105 cm³/mol. The zero-order valence-corrected chi connectivity index (χ0v) is 16.2. The zero-order valence-electron chi connectivity index (χ0n) is 16.2. The molecule has 27 heavy (non-hydrogen) atoms. The Morgan fingerprint density at radius 3 is 2.37 bits per heavy atom. The molecular weight excluding hydrogens is 336 g/mol. The van der Waals surface area contributed by atoms with Crippen LogP contribution in [0.25, 0.3) is 0 Å². The monoisotopic (exact) mass is 362 g/mol. The van der Waals surface area contributed by atoms with Crippen LogP contribution in [0.1, 0.15) is 40.0 Å². The van der Waals surface area contributed by atoms with Gasteiger partial charge in [-0.3, -0.25) is 9.59 Å². The Morgan fingerprint density at radius 1 is 0.926 bits per heavy atom. The van der Waals surface area contributed by atoms with Gasteiger partial charge < -0.3 is 9.80 Å². The van der Waals surface area contributed by atoms with Crippen LogP contribution in [-0.2, 0) is 4.79 Å². The number of carbonyl (C=O) groups excluding carboxylic acids is 2. The fraction of sp³-hybridized carbons (Fsp3) is 0.391. The standard InChI is InChI=1S/C23H26N2O2/c1-15-8-7-11-20(16(15)2)23(27)24-12-19-13-25(17(3)26)22(21(19)14-24)18-9-5-4-6-10-18/h4-11,19,21-22H,12-14H2,1-3H3/t19-,21-,22+/m1/s1. The lowest BCUT2D eigenvalue weighted by Gasteiger charge is -2.29. The smallest absolute Gasteiger partial charge is 0.254 e. The number of amides is 2. The van der Waals surface area contributed by atoms with Crippen LogP contribution in [0, 0.1) is 25.7 Å². The van der Waals surface area contributed by atoms with Gasteiger partial charge in [0.05, 0.1) is 6.04 Å². The van der Waals surface area contributed by atoms with E-state index in [-0.39, 0.29) is 17.9 Å². The molecule has 4 nitrogen and oxygen atoms in total. The fourth-order valence-corrected chi connectivity index (χ4v) is 4.77. The molecule has 2 saturated heterocycles. The van der Waals surface area contributed by atoms with Gasteiger partial charge in [-0.05, 0) is 36.6 Å². The summed E-state index contributed by atoms with van der Waals surface area (Å²) in [4.78, 5) is 29.4. The molecule has 3 atom stereocenters. The van der Waals surface area contributed by atoms with Gasteiger partial charge in [0, 0.05) is 44.0 Å². The van der Waals surface area contributed by atoms with Gasteiger partial charge in [-0.2, -0.15) is 0 Å². The van der Waals surface area contributed by atoms with Crippen LogP contribution >= 0.6 is 0 Å². The van der Waals surface area contributed by atoms with Crippen molar-refractivity contribution in [3.63, 3.8) is 0 Å². The topological polar surface area (TPSA) is 40.6 Å². The van der Waals surface area contributed by atoms with E-state index in [1.165, 1.54) is 5.56 Å². The highest BCUT2D eigenvalue weighted by Crippen LogP contribution is 2.45. The third kappa shape index (κ3) is 3.03. The van der Waals surface area contributed by atoms with Crippen LogP contribution in [0.3, 0.4) is 0 Å². The molecule has 0 aromatic heterocycles. The van der Waals surface area contributed by atoms with Crippen molar-refractivity contribution in [2.45, 2.75) is 26.8 Å². The number of nitrogens with zero attached hydrogens (tertiary/aromatic N) is 2. The first-order chi connectivity index (χ1) is 13.0. The third-order valence-electron chi connectivity index (χ3n) is 6.33. The van der Waals surface area contributed by atoms with Crippen LogP contribution in [-0.4, -0.2) is 41.2 Å². The fourth-order valence-electron chi connectivity index (χ4n) is 4.77. The van der Waals surface area contributed by atoms with Crippen molar-refractivity contribution in [2.24, 2.45) is 11.8 Å². The van der Waals surface area contributed by atoms with Crippen LogP contribution in [0.15, 0.2) is 48.5 Å². The summed E-state index contributed by atoms with van der Waals surface area (Å²) >= 11 is 0. The molecule has 2 aliphatic rings. The molecule has 2 aromatic rings. The van der Waals surface area contributed by atoms with E-state index >= 15 is 0 Å². The van der Waals surface area contributed by atoms with E-state index in [1.54, 1.807) is 6.92 Å². The van der Waals surface area contributed by atoms with E-state index in [1.807, 2.05) is 60.0 Å². The van der Waals surface area contributed by atoms with E-state index < -0.39 is 0 Å². The Hall–Kier alpha value is -2.62. The number of likely N-dealkylation sites (tertiary alicyclic amines) is 2. The molecule has 0 unspecified atom stereocenters. The molecule has 2 amide bonds. The highest BCUT2D eigenvalue weighted by Gasteiger charge is 2.49. The number of hydrogen-bond donors (Lipinski definition) is 0. The molecule has 0 spiro atoms. The number of fused-ring (bicyclic) bond motifs is 1. The number of rotatable bonds is 2. The molecule has 4 heteroatoms. The highest BCUT2D eigenvalue weighted by atomic mass is 16.2. The van der Waals surface area contributed by atoms with Crippen molar-refractivity contribution in [1.82, 2.24) is 9.80 Å². The first-order valence-electron chi connectivity index (χ1n) is 9.65. The van der Waals surface area contributed by atoms with E-state index in [2.05, 4.69) is 12.1 Å². The van der Waals surface area contributed by atoms with Gasteiger partial charge in [-0.25, -0.2) is 0 Å². The Kier molecular flexibility index (Phi) is 4.50. The average Bonchev–Trinajstić information content (AvgIpc) is 3.22. The third-order valence-corrected chi connectivity index (χ3v) is 6.33. The maximum Gasteiger partial charge on any atom is 0.254 e. The van der Waals surface area contributed by atoms with Gasteiger partial charge in [0.1, 0.15) is 0 Å². The van der Waals surface area contributed by atoms with Crippen molar-refractivity contribution >= 4 is 11.8 Å². The minimum Gasteiger partial charge on any atom is -0.338 e. The zero-order chi connectivity index (χ0) is 19.1. The van der Waals surface area contributed by atoms with E-state index in [4.69, 9.17) is 0 Å². The molecule has 2 heterocycles. The van der Waals surface area contributed by atoms with Gasteiger partial charge >= 0.3 is 0 Å². The molecule has 2 aliphatic heterocycles. The second kappa shape index (κ2) is 6.84. The molecule has 4 rings (SSSR count). The summed E-state index contributed by atoms with van der Waals surface area (Å²) in [5.41, 5.74) is 4.17. The Bertz CT molecular complexity index is 877. The lowest BCUT2D eigenvalue weighted by atomic mass is 9.89. The quantitative estimate of drug-likeness (QED) is 0.819. The normalized spacial score (nSPS) is 24.2. The Labute approximate surface area is 160 Å². The van der Waals surface area contributed by atoms with Crippen LogP contribution in [0.2, 0.25) is 0 Å². The molecule has 0 N–H and O–H groups in total. The lowest BCUT2D eigenvalue weighted by Crippen LogP contribution is -2.36. The van der Waals surface area contributed by atoms with Gasteiger partial charge in [-0.15, -0.1) is 0 Å². The van der Waals surface area contributed by atoms with E-state index in [0.29, 0.717) is 18.4 Å². The maximum absolute atomic E-state index is 13.2. The van der Waals surface area contributed by atoms with Crippen molar-refractivity contribution in [1.29, 1.82) is 0 Å². The predicted octanol–water partition coefficient (Wildman–Crippen LogP) is 3.60. The number of aryl methyl sites for hydroxylation is 1. The van der Waals surface area contributed by atoms with Gasteiger partial charge in [0.15, 0.2) is 0 Å². The maximum atomic E-state index is 13.2. The van der Waals surface area contributed by atoms with Crippen molar-refractivity contribution < 1.29 is 9.59 Å². The highest BCUT2D eigenvalue weighted by molar-refractivity contribution is 5.96. The Morgan fingerprint density at radius 2 is 1.67 bits per heavy atom. The van der Waals surface area contributed by atoms with Crippen molar-refractivity contribution in [2.75, 3.05) is 19.6 Å². The minimum absolute atomic E-state index is 0.0603. The molecule has 0 bridgehead atoms. The number of hydrogen-bond acceptors (Lipinski definition) is 2. The largest absolute Gasteiger partial charge is 0.338 e. The van der Waals surface area contributed by atoms with Crippen LogP contribution < -0.4 is 0 Å². The summed E-state index contributed by atoms with van der Waals surface area (Å²) in [6, 6.07) is 16.2. The molecule has 140 valence electrons.